The van der Waals surface area contributed by atoms with Crippen LogP contribution in [0.15, 0.2) is 42.5 Å². The maximum Gasteiger partial charge on any atom is 0.306 e. The molecule has 1 saturated heterocycles. The van der Waals surface area contributed by atoms with Gasteiger partial charge in [-0.2, -0.15) is 4.52 Å². The van der Waals surface area contributed by atoms with Crippen LogP contribution in [0.3, 0.4) is 0 Å². The number of rotatable bonds is 3. The van der Waals surface area contributed by atoms with Gasteiger partial charge in [0.15, 0.2) is 11.5 Å². The van der Waals surface area contributed by atoms with Crippen molar-refractivity contribution >= 4 is 17.4 Å². The molecule has 0 amide bonds. The highest BCUT2D eigenvalue weighted by atomic mass is 16.4. The van der Waals surface area contributed by atoms with Crippen LogP contribution in [-0.2, 0) is 4.79 Å². The molecule has 0 bridgehead atoms. The second-order valence-corrected chi connectivity index (χ2v) is 5.95. The molecule has 7 heteroatoms. The third-order valence-corrected chi connectivity index (χ3v) is 4.45. The van der Waals surface area contributed by atoms with Crippen LogP contribution in [0.5, 0.6) is 0 Å². The molecule has 0 atom stereocenters. The number of nitrogens with zero attached hydrogens (tertiary/aromatic N) is 5. The lowest BCUT2D eigenvalue weighted by molar-refractivity contribution is -0.142. The van der Waals surface area contributed by atoms with Gasteiger partial charge in [0.05, 0.1) is 5.92 Å². The van der Waals surface area contributed by atoms with Gasteiger partial charge in [0.2, 0.25) is 0 Å². The zero-order valence-electron chi connectivity index (χ0n) is 13.0. The van der Waals surface area contributed by atoms with Crippen molar-refractivity contribution in [3.8, 4) is 11.4 Å². The second kappa shape index (κ2) is 5.92. The maximum atomic E-state index is 11.1. The molecular weight excluding hydrogens is 306 g/mol. The quantitative estimate of drug-likeness (QED) is 0.794. The molecule has 0 unspecified atom stereocenters. The number of anilines is 1. The average molecular weight is 323 g/mol. The third kappa shape index (κ3) is 2.58. The molecule has 24 heavy (non-hydrogen) atoms. The highest BCUT2D eigenvalue weighted by molar-refractivity contribution is 5.70. The van der Waals surface area contributed by atoms with Gasteiger partial charge in [-0.1, -0.05) is 30.3 Å². The molecule has 1 aromatic carbocycles. The Labute approximate surface area is 138 Å². The molecule has 7 nitrogen and oxygen atoms in total. The van der Waals surface area contributed by atoms with E-state index in [-0.39, 0.29) is 5.92 Å². The summed E-state index contributed by atoms with van der Waals surface area (Å²) < 4.78 is 1.74. The fourth-order valence-corrected chi connectivity index (χ4v) is 3.07. The summed E-state index contributed by atoms with van der Waals surface area (Å²) in [6, 6.07) is 13.6. The Morgan fingerprint density at radius 3 is 2.50 bits per heavy atom. The minimum absolute atomic E-state index is 0.250. The maximum absolute atomic E-state index is 11.1. The summed E-state index contributed by atoms with van der Waals surface area (Å²) in [7, 11) is 0. The summed E-state index contributed by atoms with van der Waals surface area (Å²) in [4.78, 5) is 13.2. The van der Waals surface area contributed by atoms with Crippen molar-refractivity contribution < 1.29 is 9.90 Å². The highest BCUT2D eigenvalue weighted by Gasteiger charge is 2.25. The lowest BCUT2D eigenvalue weighted by Crippen LogP contribution is -2.37. The number of piperidine rings is 1. The van der Waals surface area contributed by atoms with Gasteiger partial charge in [-0.25, -0.2) is 0 Å². The van der Waals surface area contributed by atoms with Crippen molar-refractivity contribution in [1.29, 1.82) is 0 Å². The van der Waals surface area contributed by atoms with Crippen molar-refractivity contribution in [3.63, 3.8) is 0 Å². The minimum Gasteiger partial charge on any atom is -0.481 e. The van der Waals surface area contributed by atoms with E-state index >= 15 is 0 Å². The van der Waals surface area contributed by atoms with Gasteiger partial charge in [-0.3, -0.25) is 4.79 Å². The van der Waals surface area contributed by atoms with Gasteiger partial charge in [-0.15, -0.1) is 15.3 Å². The molecule has 0 aliphatic carbocycles. The van der Waals surface area contributed by atoms with Crippen LogP contribution >= 0.6 is 0 Å². The Bertz CT molecular complexity index is 869. The SMILES string of the molecule is O=C(O)C1CCN(c2ccc3nnc(-c4ccccc4)n3n2)CC1. The van der Waals surface area contributed by atoms with E-state index in [4.69, 9.17) is 5.11 Å². The van der Waals surface area contributed by atoms with Crippen molar-refractivity contribution in [3.05, 3.63) is 42.5 Å². The first-order chi connectivity index (χ1) is 11.7. The smallest absolute Gasteiger partial charge is 0.306 e. The Morgan fingerprint density at radius 2 is 1.79 bits per heavy atom. The molecule has 0 radical (unpaired) electrons. The molecule has 1 aliphatic rings. The van der Waals surface area contributed by atoms with Crippen molar-refractivity contribution in [2.75, 3.05) is 18.0 Å². The van der Waals surface area contributed by atoms with Crippen LogP contribution in [0.25, 0.3) is 17.0 Å². The summed E-state index contributed by atoms with van der Waals surface area (Å²) in [5.41, 5.74) is 1.65. The fourth-order valence-electron chi connectivity index (χ4n) is 3.07. The molecule has 122 valence electrons. The molecule has 0 spiro atoms. The monoisotopic (exact) mass is 323 g/mol. The Hall–Kier alpha value is -2.96. The molecule has 3 aromatic rings. The topological polar surface area (TPSA) is 83.6 Å². The Balaban J connectivity index is 1.65. The summed E-state index contributed by atoms with van der Waals surface area (Å²) in [6.07, 6.45) is 1.28. The van der Waals surface area contributed by atoms with Crippen LogP contribution in [0.1, 0.15) is 12.8 Å². The predicted molar refractivity (Wildman–Crippen MR) is 88.8 cm³/mol. The normalized spacial score (nSPS) is 15.8. The first-order valence-corrected chi connectivity index (χ1v) is 7.98. The Kier molecular flexibility index (Phi) is 3.60. The second-order valence-electron chi connectivity index (χ2n) is 5.95. The molecular formula is C17H17N5O2. The van der Waals surface area contributed by atoms with Crippen LogP contribution in [0.2, 0.25) is 0 Å². The summed E-state index contributed by atoms with van der Waals surface area (Å²) in [5.74, 6) is 0.569. The summed E-state index contributed by atoms with van der Waals surface area (Å²) in [6.45, 7) is 1.39. The molecule has 0 saturated carbocycles. The third-order valence-electron chi connectivity index (χ3n) is 4.45. The first-order valence-electron chi connectivity index (χ1n) is 7.98. The largest absolute Gasteiger partial charge is 0.481 e. The number of carboxylic acids is 1. The van der Waals surface area contributed by atoms with E-state index in [0.29, 0.717) is 37.4 Å². The van der Waals surface area contributed by atoms with Crippen LogP contribution in [0.4, 0.5) is 5.82 Å². The molecule has 1 N–H and O–H groups in total. The van der Waals surface area contributed by atoms with E-state index in [2.05, 4.69) is 20.2 Å². The van der Waals surface area contributed by atoms with E-state index in [1.807, 2.05) is 42.5 Å². The molecule has 4 rings (SSSR count). The number of aliphatic carboxylic acids is 1. The number of carboxylic acid groups (broad SMARTS) is 1. The zero-order chi connectivity index (χ0) is 16.5. The van der Waals surface area contributed by atoms with Gasteiger partial charge in [0.1, 0.15) is 5.82 Å². The van der Waals surface area contributed by atoms with E-state index in [1.54, 1.807) is 4.52 Å². The summed E-state index contributed by atoms with van der Waals surface area (Å²) in [5, 5.41) is 22.2. The number of hydrogen-bond acceptors (Lipinski definition) is 5. The molecule has 2 aromatic heterocycles. The number of benzene rings is 1. The number of fused-ring (bicyclic) bond motifs is 1. The zero-order valence-corrected chi connectivity index (χ0v) is 13.0. The van der Waals surface area contributed by atoms with E-state index < -0.39 is 5.97 Å². The number of aromatic nitrogens is 4. The van der Waals surface area contributed by atoms with Crippen molar-refractivity contribution in [2.24, 2.45) is 5.92 Å². The van der Waals surface area contributed by atoms with Crippen molar-refractivity contribution in [1.82, 2.24) is 19.8 Å². The number of hydrogen-bond donors (Lipinski definition) is 1. The van der Waals surface area contributed by atoms with Gasteiger partial charge in [-0.05, 0) is 25.0 Å². The number of carbonyl (C=O) groups is 1. The lowest BCUT2D eigenvalue weighted by Gasteiger charge is -2.30. The van der Waals surface area contributed by atoms with Crippen molar-refractivity contribution in [2.45, 2.75) is 12.8 Å². The fraction of sp³-hybridized carbons (Fsp3) is 0.294. The lowest BCUT2D eigenvalue weighted by atomic mass is 9.97. The van der Waals surface area contributed by atoms with Gasteiger partial charge in [0.25, 0.3) is 0 Å². The molecule has 3 heterocycles. The van der Waals surface area contributed by atoms with Crippen LogP contribution in [-0.4, -0.2) is 44.0 Å². The van der Waals surface area contributed by atoms with Gasteiger partial charge < -0.3 is 10.0 Å². The van der Waals surface area contributed by atoms with E-state index in [9.17, 15) is 4.79 Å². The minimum atomic E-state index is -0.705. The summed E-state index contributed by atoms with van der Waals surface area (Å²) >= 11 is 0. The van der Waals surface area contributed by atoms with Crippen LogP contribution in [0, 0.1) is 5.92 Å². The van der Waals surface area contributed by atoms with E-state index in [0.717, 1.165) is 11.4 Å². The van der Waals surface area contributed by atoms with Gasteiger partial charge >= 0.3 is 5.97 Å². The predicted octanol–water partition coefficient (Wildman–Crippen LogP) is 2.09. The Morgan fingerprint density at radius 1 is 1.04 bits per heavy atom. The standard InChI is InChI=1S/C17H17N5O2/c23-17(24)13-8-10-21(11-9-13)15-7-6-14-18-19-16(22(14)20-15)12-4-2-1-3-5-12/h1-7,13H,8-11H2,(H,23,24). The first kappa shape index (κ1) is 14.6. The molecule has 1 aliphatic heterocycles. The van der Waals surface area contributed by atoms with Crippen LogP contribution < -0.4 is 4.90 Å². The molecule has 1 fully saturated rings. The average Bonchev–Trinajstić information content (AvgIpc) is 3.05. The van der Waals surface area contributed by atoms with E-state index in [1.165, 1.54) is 0 Å². The highest BCUT2D eigenvalue weighted by Crippen LogP contribution is 2.23. The van der Waals surface area contributed by atoms with Gasteiger partial charge in [0, 0.05) is 18.7 Å².